The van der Waals surface area contributed by atoms with Gasteiger partial charge in [-0.25, -0.2) is 4.98 Å². The molecule has 7 heteroatoms. The molecule has 3 N–H and O–H groups in total. The fraction of sp³-hybridized carbons (Fsp3) is 0.125. The highest BCUT2D eigenvalue weighted by atomic mass is 35.5. The first-order chi connectivity index (χ1) is 10.9. The maximum absolute atomic E-state index is 11.1. The van der Waals surface area contributed by atoms with Gasteiger partial charge in [-0.2, -0.15) is 0 Å². The summed E-state index contributed by atoms with van der Waals surface area (Å²) in [5.41, 5.74) is 6.20. The van der Waals surface area contributed by atoms with Crippen molar-refractivity contribution in [2.45, 2.75) is 13.0 Å². The Hall–Kier alpha value is -2.24. The number of carbonyl (C=O) groups excluding carboxylic acids is 1. The smallest absolute Gasteiger partial charge is 0.250 e. The maximum Gasteiger partial charge on any atom is 0.250 e. The summed E-state index contributed by atoms with van der Waals surface area (Å²) < 4.78 is 5.79. The van der Waals surface area contributed by atoms with Crippen LogP contribution in [-0.4, -0.2) is 10.9 Å². The zero-order chi connectivity index (χ0) is 16.6. The van der Waals surface area contributed by atoms with Gasteiger partial charge >= 0.3 is 0 Å². The zero-order valence-electron chi connectivity index (χ0n) is 12.1. The molecule has 1 unspecified atom stereocenters. The summed E-state index contributed by atoms with van der Waals surface area (Å²) in [6.07, 6.45) is 1.38. The first-order valence-corrected chi connectivity index (χ1v) is 7.60. The molecular weight excluding hydrogens is 337 g/mol. The number of nitrogens with one attached hydrogen (secondary N) is 1. The SMILES string of the molecule is CC(Nc1ncc(C(N)=O)cc1Cl)c1cc2cc(Cl)ccc2o1. The van der Waals surface area contributed by atoms with Gasteiger partial charge in [-0.15, -0.1) is 0 Å². The van der Waals surface area contributed by atoms with E-state index in [0.29, 0.717) is 15.9 Å². The van der Waals surface area contributed by atoms with Crippen LogP contribution in [0.2, 0.25) is 10.0 Å². The molecule has 0 saturated carbocycles. The number of hydrogen-bond acceptors (Lipinski definition) is 4. The summed E-state index contributed by atoms with van der Waals surface area (Å²) in [4.78, 5) is 15.2. The summed E-state index contributed by atoms with van der Waals surface area (Å²) in [6, 6.07) is 8.64. The highest BCUT2D eigenvalue weighted by molar-refractivity contribution is 6.33. The molecule has 5 nitrogen and oxygen atoms in total. The van der Waals surface area contributed by atoms with Crippen LogP contribution in [0, 0.1) is 0 Å². The van der Waals surface area contributed by atoms with E-state index in [1.165, 1.54) is 12.3 Å². The highest BCUT2D eigenvalue weighted by Crippen LogP contribution is 2.29. The number of fused-ring (bicyclic) bond motifs is 1. The van der Waals surface area contributed by atoms with Crippen molar-refractivity contribution in [3.63, 3.8) is 0 Å². The number of benzene rings is 1. The molecule has 0 aliphatic rings. The predicted molar refractivity (Wildman–Crippen MR) is 91.0 cm³/mol. The standard InChI is InChI=1S/C16H13Cl2N3O2/c1-8(14-6-9-4-11(17)2-3-13(9)23-14)21-16-12(18)5-10(7-20-16)15(19)22/h2-8H,1H3,(H2,19,22)(H,20,21). The van der Waals surface area contributed by atoms with Gasteiger partial charge in [-0.1, -0.05) is 23.2 Å². The molecular formula is C16H13Cl2N3O2. The third-order valence-corrected chi connectivity index (χ3v) is 3.93. The second-order valence-electron chi connectivity index (χ2n) is 5.12. The lowest BCUT2D eigenvalue weighted by Gasteiger charge is -2.13. The van der Waals surface area contributed by atoms with Gasteiger partial charge in [0.1, 0.15) is 17.2 Å². The van der Waals surface area contributed by atoms with Crippen molar-refractivity contribution in [3.05, 3.63) is 57.9 Å². The summed E-state index contributed by atoms with van der Waals surface area (Å²) in [5.74, 6) is 0.593. The van der Waals surface area contributed by atoms with E-state index in [0.717, 1.165) is 16.7 Å². The quantitative estimate of drug-likeness (QED) is 0.730. The van der Waals surface area contributed by atoms with Crippen molar-refractivity contribution in [3.8, 4) is 0 Å². The number of amides is 1. The molecule has 1 aromatic carbocycles. The van der Waals surface area contributed by atoms with Crippen molar-refractivity contribution in [2.75, 3.05) is 5.32 Å². The van der Waals surface area contributed by atoms with Crippen LogP contribution in [0.1, 0.15) is 29.1 Å². The van der Waals surface area contributed by atoms with E-state index in [4.69, 9.17) is 33.4 Å². The first kappa shape index (κ1) is 15.6. The third kappa shape index (κ3) is 3.25. The Morgan fingerprint density at radius 3 is 2.78 bits per heavy atom. The second-order valence-corrected chi connectivity index (χ2v) is 5.96. The molecule has 0 aliphatic carbocycles. The fourth-order valence-corrected chi connectivity index (χ4v) is 2.60. The number of pyridine rings is 1. The molecule has 3 rings (SSSR count). The molecule has 1 atom stereocenters. The van der Waals surface area contributed by atoms with Crippen LogP contribution in [0.15, 0.2) is 40.9 Å². The second kappa shape index (κ2) is 6.10. The van der Waals surface area contributed by atoms with E-state index >= 15 is 0 Å². The molecule has 3 aromatic rings. The normalized spacial score (nSPS) is 12.3. The predicted octanol–water partition coefficient (Wildman–Crippen LogP) is 4.41. The number of aromatic nitrogens is 1. The van der Waals surface area contributed by atoms with Crippen molar-refractivity contribution < 1.29 is 9.21 Å². The van der Waals surface area contributed by atoms with Crippen LogP contribution >= 0.6 is 23.2 Å². The van der Waals surface area contributed by atoms with Gasteiger partial charge in [-0.05, 0) is 37.3 Å². The Balaban J connectivity index is 1.85. The minimum Gasteiger partial charge on any atom is -0.459 e. The van der Waals surface area contributed by atoms with Gasteiger partial charge in [0.2, 0.25) is 5.91 Å². The van der Waals surface area contributed by atoms with E-state index in [2.05, 4.69) is 10.3 Å². The van der Waals surface area contributed by atoms with Crippen molar-refractivity contribution in [1.82, 2.24) is 4.98 Å². The Morgan fingerprint density at radius 2 is 2.09 bits per heavy atom. The van der Waals surface area contributed by atoms with Gasteiger partial charge in [0.25, 0.3) is 0 Å². The fourth-order valence-electron chi connectivity index (χ4n) is 2.20. The average molecular weight is 350 g/mol. The Morgan fingerprint density at radius 1 is 1.30 bits per heavy atom. The largest absolute Gasteiger partial charge is 0.459 e. The average Bonchev–Trinajstić information content (AvgIpc) is 2.92. The summed E-state index contributed by atoms with van der Waals surface area (Å²) >= 11 is 12.1. The molecule has 118 valence electrons. The van der Waals surface area contributed by atoms with Crippen LogP contribution in [0.4, 0.5) is 5.82 Å². The molecule has 2 aromatic heterocycles. The molecule has 2 heterocycles. The Bertz CT molecular complexity index is 892. The van der Waals surface area contributed by atoms with E-state index in [9.17, 15) is 4.79 Å². The van der Waals surface area contributed by atoms with Crippen molar-refractivity contribution in [2.24, 2.45) is 5.73 Å². The number of furan rings is 1. The third-order valence-electron chi connectivity index (χ3n) is 3.40. The minimum atomic E-state index is -0.576. The van der Waals surface area contributed by atoms with Crippen molar-refractivity contribution in [1.29, 1.82) is 0 Å². The van der Waals surface area contributed by atoms with Crippen LogP contribution < -0.4 is 11.1 Å². The molecule has 0 spiro atoms. The van der Waals surface area contributed by atoms with Gasteiger partial charge < -0.3 is 15.5 Å². The molecule has 0 saturated heterocycles. The van der Waals surface area contributed by atoms with Crippen LogP contribution in [-0.2, 0) is 0 Å². The monoisotopic (exact) mass is 349 g/mol. The van der Waals surface area contributed by atoms with Crippen molar-refractivity contribution >= 4 is 45.9 Å². The number of anilines is 1. The first-order valence-electron chi connectivity index (χ1n) is 6.85. The van der Waals surface area contributed by atoms with E-state index in [1.54, 1.807) is 6.07 Å². The van der Waals surface area contributed by atoms with E-state index in [1.807, 2.05) is 25.1 Å². The minimum absolute atomic E-state index is 0.175. The molecule has 1 amide bonds. The molecule has 0 aliphatic heterocycles. The molecule has 0 radical (unpaired) electrons. The van der Waals surface area contributed by atoms with E-state index < -0.39 is 5.91 Å². The summed E-state index contributed by atoms with van der Waals surface area (Å²) in [6.45, 7) is 1.92. The lowest BCUT2D eigenvalue weighted by Crippen LogP contribution is -2.13. The Labute approximate surface area is 142 Å². The summed E-state index contributed by atoms with van der Waals surface area (Å²) in [7, 11) is 0. The van der Waals surface area contributed by atoms with E-state index in [-0.39, 0.29) is 11.6 Å². The maximum atomic E-state index is 11.1. The van der Waals surface area contributed by atoms with Gasteiger partial charge in [-0.3, -0.25) is 4.79 Å². The number of nitrogens with two attached hydrogens (primary N) is 1. The Kier molecular flexibility index (Phi) is 4.15. The van der Waals surface area contributed by atoms with Crippen LogP contribution in [0.5, 0.6) is 0 Å². The number of halogens is 2. The molecule has 0 bridgehead atoms. The van der Waals surface area contributed by atoms with Crippen LogP contribution in [0.3, 0.4) is 0 Å². The van der Waals surface area contributed by atoms with Gasteiger partial charge in [0.05, 0.1) is 16.6 Å². The number of nitrogens with zero attached hydrogens (tertiary/aromatic N) is 1. The number of primary amides is 1. The summed E-state index contributed by atoms with van der Waals surface area (Å²) in [5, 5.41) is 5.03. The number of rotatable bonds is 4. The lowest BCUT2D eigenvalue weighted by molar-refractivity contribution is 0.1000. The van der Waals surface area contributed by atoms with Crippen LogP contribution in [0.25, 0.3) is 11.0 Å². The highest BCUT2D eigenvalue weighted by Gasteiger charge is 2.15. The molecule has 23 heavy (non-hydrogen) atoms. The molecule has 0 fully saturated rings. The van der Waals surface area contributed by atoms with Gasteiger partial charge in [0.15, 0.2) is 0 Å². The van der Waals surface area contributed by atoms with Gasteiger partial charge in [0, 0.05) is 16.6 Å². The topological polar surface area (TPSA) is 81.1 Å². The lowest BCUT2D eigenvalue weighted by atomic mass is 10.2. The number of carbonyl (C=O) groups is 1. The zero-order valence-corrected chi connectivity index (χ0v) is 13.7. The number of hydrogen-bond donors (Lipinski definition) is 2.